The number of halogens is 1. The Labute approximate surface area is 200 Å². The minimum Gasteiger partial charge on any atom is -0.449 e. The molecule has 0 fully saturated rings. The van der Waals surface area contributed by atoms with Gasteiger partial charge in [0.15, 0.2) is 6.10 Å². The molecule has 3 rings (SSSR count). The van der Waals surface area contributed by atoms with Gasteiger partial charge in [-0.05, 0) is 65.3 Å². The Kier molecular flexibility index (Phi) is 7.46. The van der Waals surface area contributed by atoms with Gasteiger partial charge in [-0.25, -0.2) is 13.2 Å². The number of non-ortho nitro benzene ring substituents is 1. The van der Waals surface area contributed by atoms with Crippen LogP contribution >= 0.6 is 27.3 Å². The number of carbonyl (C=O) groups excluding carboxylic acids is 2. The lowest BCUT2D eigenvalue weighted by Gasteiger charge is -2.14. The highest BCUT2D eigenvalue weighted by atomic mass is 79.9. The van der Waals surface area contributed by atoms with Crippen molar-refractivity contribution in [2.75, 3.05) is 10.0 Å². The molecule has 0 saturated heterocycles. The van der Waals surface area contributed by atoms with Crippen LogP contribution in [0.3, 0.4) is 0 Å². The third-order valence-electron chi connectivity index (χ3n) is 4.16. The van der Waals surface area contributed by atoms with Gasteiger partial charge in [0.05, 0.1) is 14.3 Å². The van der Waals surface area contributed by atoms with Crippen LogP contribution in [0.25, 0.3) is 0 Å². The first-order chi connectivity index (χ1) is 15.5. The number of sulfonamides is 1. The van der Waals surface area contributed by atoms with Gasteiger partial charge >= 0.3 is 5.97 Å². The quantitative estimate of drug-likeness (QED) is 0.239. The molecule has 1 heterocycles. The average molecular weight is 554 g/mol. The van der Waals surface area contributed by atoms with E-state index in [-0.39, 0.29) is 26.8 Å². The van der Waals surface area contributed by atoms with Gasteiger partial charge in [-0.2, -0.15) is 0 Å². The first-order valence-corrected chi connectivity index (χ1v) is 12.3. The van der Waals surface area contributed by atoms with Gasteiger partial charge < -0.3 is 10.1 Å². The van der Waals surface area contributed by atoms with Crippen LogP contribution in [0.4, 0.5) is 17.1 Å². The third kappa shape index (κ3) is 6.37. The number of amides is 1. The van der Waals surface area contributed by atoms with E-state index in [1.165, 1.54) is 61.5 Å². The van der Waals surface area contributed by atoms with Gasteiger partial charge in [-0.3, -0.25) is 19.6 Å². The highest BCUT2D eigenvalue weighted by molar-refractivity contribution is 9.11. The van der Waals surface area contributed by atoms with Crippen molar-refractivity contribution < 1.29 is 27.7 Å². The van der Waals surface area contributed by atoms with E-state index in [2.05, 4.69) is 26.0 Å². The first-order valence-electron chi connectivity index (χ1n) is 9.20. The summed E-state index contributed by atoms with van der Waals surface area (Å²) in [6.07, 6.45) is -1.19. The van der Waals surface area contributed by atoms with Gasteiger partial charge in [0.2, 0.25) is 0 Å². The van der Waals surface area contributed by atoms with E-state index in [1.54, 1.807) is 6.07 Å². The second kappa shape index (κ2) is 10.1. The molecule has 0 aliphatic heterocycles. The highest BCUT2D eigenvalue weighted by Gasteiger charge is 2.21. The third-order valence-corrected chi connectivity index (χ3v) is 7.66. The molecule has 1 atom stereocenters. The predicted octanol–water partition coefficient (Wildman–Crippen LogP) is 4.40. The standard InChI is InChI=1S/C20H16BrN3O7S2/c1-12(19(25)22-15-3-2-4-16(11-15)24(27)28)31-20(26)13-5-7-14(8-6-13)23-33(29,30)18-10-9-17(21)32-18/h2-12,23H,1H3,(H,22,25)/t12-/m0/s1. The lowest BCUT2D eigenvalue weighted by atomic mass is 10.2. The number of ether oxygens (including phenoxy) is 1. The molecule has 1 amide bonds. The maximum atomic E-state index is 12.4. The van der Waals surface area contributed by atoms with Crippen LogP contribution in [0, 0.1) is 10.1 Å². The Morgan fingerprint density at radius 2 is 1.79 bits per heavy atom. The van der Waals surface area contributed by atoms with E-state index >= 15 is 0 Å². The van der Waals surface area contributed by atoms with Gasteiger partial charge in [-0.1, -0.05) is 6.07 Å². The van der Waals surface area contributed by atoms with Crippen molar-refractivity contribution in [3.63, 3.8) is 0 Å². The molecule has 0 aliphatic carbocycles. The molecule has 2 N–H and O–H groups in total. The number of nitrogens with one attached hydrogen (secondary N) is 2. The van der Waals surface area contributed by atoms with Crippen molar-refractivity contribution in [3.05, 3.63) is 80.1 Å². The number of esters is 1. The molecule has 10 nitrogen and oxygen atoms in total. The molecule has 0 aliphatic rings. The summed E-state index contributed by atoms with van der Waals surface area (Å²) in [5.41, 5.74) is 0.339. The number of carbonyl (C=O) groups is 2. The minimum absolute atomic E-state index is 0.104. The van der Waals surface area contributed by atoms with Gasteiger partial charge in [-0.15, -0.1) is 11.3 Å². The predicted molar refractivity (Wildman–Crippen MR) is 126 cm³/mol. The van der Waals surface area contributed by atoms with E-state index in [0.717, 1.165) is 11.3 Å². The summed E-state index contributed by atoms with van der Waals surface area (Å²) < 4.78 is 33.1. The Bertz CT molecular complexity index is 1310. The fourth-order valence-electron chi connectivity index (χ4n) is 2.55. The van der Waals surface area contributed by atoms with Crippen LogP contribution in [-0.4, -0.2) is 31.3 Å². The van der Waals surface area contributed by atoms with Crippen LogP contribution in [0.15, 0.2) is 68.7 Å². The normalized spacial score (nSPS) is 11.9. The Morgan fingerprint density at radius 1 is 1.09 bits per heavy atom. The largest absolute Gasteiger partial charge is 0.449 e. The molecule has 172 valence electrons. The SMILES string of the molecule is C[C@H](OC(=O)c1ccc(NS(=O)(=O)c2ccc(Br)s2)cc1)C(=O)Nc1cccc([N+](=O)[O-])c1. The lowest BCUT2D eigenvalue weighted by Crippen LogP contribution is -2.30. The summed E-state index contributed by atoms with van der Waals surface area (Å²) in [6.45, 7) is 1.35. The number of anilines is 2. The number of thiophene rings is 1. The minimum atomic E-state index is -3.77. The molecule has 1 aromatic heterocycles. The molecule has 0 saturated carbocycles. The van der Waals surface area contributed by atoms with Crippen LogP contribution in [0.2, 0.25) is 0 Å². The van der Waals surface area contributed by atoms with Gasteiger partial charge in [0.1, 0.15) is 4.21 Å². The van der Waals surface area contributed by atoms with Crippen molar-refractivity contribution in [2.45, 2.75) is 17.2 Å². The smallest absolute Gasteiger partial charge is 0.338 e. The number of rotatable bonds is 8. The summed E-state index contributed by atoms with van der Waals surface area (Å²) in [7, 11) is -3.77. The van der Waals surface area contributed by atoms with Crippen molar-refractivity contribution in [2.24, 2.45) is 0 Å². The Morgan fingerprint density at radius 3 is 2.39 bits per heavy atom. The zero-order valence-electron chi connectivity index (χ0n) is 16.9. The summed E-state index contributed by atoms with van der Waals surface area (Å²) in [5, 5.41) is 13.3. The first kappa shape index (κ1) is 24.4. The fourth-order valence-corrected chi connectivity index (χ4v) is 5.61. The monoisotopic (exact) mass is 553 g/mol. The Hall–Kier alpha value is -3.29. The number of nitro groups is 1. The highest BCUT2D eigenvalue weighted by Crippen LogP contribution is 2.27. The summed E-state index contributed by atoms with van der Waals surface area (Å²) in [4.78, 5) is 34.9. The second-order valence-electron chi connectivity index (χ2n) is 6.59. The number of nitro benzene ring substituents is 1. The van der Waals surface area contributed by atoms with Crippen LogP contribution < -0.4 is 10.0 Å². The van der Waals surface area contributed by atoms with E-state index < -0.39 is 32.9 Å². The van der Waals surface area contributed by atoms with E-state index in [9.17, 15) is 28.1 Å². The summed E-state index contributed by atoms with van der Waals surface area (Å²) >= 11 is 4.27. The second-order valence-corrected chi connectivity index (χ2v) is 11.0. The van der Waals surface area contributed by atoms with Crippen molar-refractivity contribution in [1.29, 1.82) is 0 Å². The molecule has 13 heteroatoms. The topological polar surface area (TPSA) is 145 Å². The summed E-state index contributed by atoms with van der Waals surface area (Å²) in [6, 6.07) is 13.9. The van der Waals surface area contributed by atoms with Crippen LogP contribution in [0.5, 0.6) is 0 Å². The number of hydrogen-bond acceptors (Lipinski definition) is 8. The number of hydrogen-bond donors (Lipinski definition) is 2. The molecule has 0 radical (unpaired) electrons. The number of nitrogens with zero attached hydrogens (tertiary/aromatic N) is 1. The molecule has 33 heavy (non-hydrogen) atoms. The van der Waals surface area contributed by atoms with Crippen molar-refractivity contribution >= 4 is 66.2 Å². The van der Waals surface area contributed by atoms with Crippen molar-refractivity contribution in [1.82, 2.24) is 0 Å². The number of benzene rings is 2. The molecule has 3 aromatic rings. The van der Waals surface area contributed by atoms with E-state index in [0.29, 0.717) is 3.79 Å². The zero-order chi connectivity index (χ0) is 24.2. The molecule has 0 spiro atoms. The molecular formula is C20H16BrN3O7S2. The molecule has 2 aromatic carbocycles. The average Bonchev–Trinajstić information content (AvgIpc) is 3.21. The van der Waals surface area contributed by atoms with Crippen molar-refractivity contribution in [3.8, 4) is 0 Å². The Balaban J connectivity index is 1.60. The molecule has 0 unspecified atom stereocenters. The summed E-state index contributed by atoms with van der Waals surface area (Å²) in [5.74, 6) is -1.47. The van der Waals surface area contributed by atoms with Crippen LogP contribution in [0.1, 0.15) is 17.3 Å². The van der Waals surface area contributed by atoms with Crippen LogP contribution in [-0.2, 0) is 19.6 Å². The molecular weight excluding hydrogens is 538 g/mol. The van der Waals surface area contributed by atoms with Gasteiger partial charge in [0.25, 0.3) is 21.6 Å². The van der Waals surface area contributed by atoms with E-state index in [1.807, 2.05) is 0 Å². The maximum Gasteiger partial charge on any atom is 0.338 e. The fraction of sp³-hybridized carbons (Fsp3) is 0.100. The molecule has 0 bridgehead atoms. The van der Waals surface area contributed by atoms with E-state index in [4.69, 9.17) is 4.74 Å². The van der Waals surface area contributed by atoms with Gasteiger partial charge in [0, 0.05) is 23.5 Å². The lowest BCUT2D eigenvalue weighted by molar-refractivity contribution is -0.384. The zero-order valence-corrected chi connectivity index (χ0v) is 20.1. The maximum absolute atomic E-state index is 12.4.